The van der Waals surface area contributed by atoms with Crippen molar-refractivity contribution in [3.05, 3.63) is 28.3 Å². The van der Waals surface area contributed by atoms with Gasteiger partial charge >= 0.3 is 5.97 Å². The first kappa shape index (κ1) is 14.8. The molecule has 1 unspecified atom stereocenters. The molecule has 0 aliphatic rings. The molecule has 0 bridgehead atoms. The van der Waals surface area contributed by atoms with Crippen molar-refractivity contribution in [1.82, 2.24) is 0 Å². The van der Waals surface area contributed by atoms with Crippen LogP contribution in [0.2, 0.25) is 5.02 Å². The number of rotatable bonds is 5. The molecule has 0 amide bonds. The number of nitrogens with two attached hydrogens (primary N) is 1. The first-order valence-electron chi connectivity index (χ1n) is 5.71. The van der Waals surface area contributed by atoms with Crippen LogP contribution in [0.15, 0.2) is 12.1 Å². The highest BCUT2D eigenvalue weighted by atomic mass is 35.5. The minimum atomic E-state index is -1.02. The van der Waals surface area contributed by atoms with E-state index in [-0.39, 0.29) is 12.3 Å². The van der Waals surface area contributed by atoms with Crippen molar-refractivity contribution in [2.75, 3.05) is 7.11 Å². The Morgan fingerprint density at radius 3 is 2.56 bits per heavy atom. The van der Waals surface area contributed by atoms with Gasteiger partial charge in [0.1, 0.15) is 11.8 Å². The highest BCUT2D eigenvalue weighted by Gasteiger charge is 2.17. The molecule has 0 saturated heterocycles. The quantitative estimate of drug-likeness (QED) is 0.863. The third-order valence-corrected chi connectivity index (χ3v) is 3.01. The van der Waals surface area contributed by atoms with Gasteiger partial charge in [-0.1, -0.05) is 31.5 Å². The van der Waals surface area contributed by atoms with Gasteiger partial charge in [0.15, 0.2) is 0 Å². The number of methoxy groups -OCH3 is 1. The van der Waals surface area contributed by atoms with Gasteiger partial charge in [-0.2, -0.15) is 0 Å². The molecule has 0 spiro atoms. The van der Waals surface area contributed by atoms with Gasteiger partial charge in [-0.25, -0.2) is 0 Å². The van der Waals surface area contributed by atoms with Crippen LogP contribution in [0.25, 0.3) is 0 Å². The van der Waals surface area contributed by atoms with Gasteiger partial charge in [-0.05, 0) is 29.5 Å². The Morgan fingerprint density at radius 2 is 2.11 bits per heavy atom. The molecule has 3 N–H and O–H groups in total. The fourth-order valence-electron chi connectivity index (χ4n) is 1.78. The van der Waals surface area contributed by atoms with Gasteiger partial charge in [0, 0.05) is 0 Å². The highest BCUT2D eigenvalue weighted by molar-refractivity contribution is 6.32. The number of carboxylic acid groups (broad SMARTS) is 1. The zero-order valence-corrected chi connectivity index (χ0v) is 11.5. The first-order chi connectivity index (χ1) is 8.36. The molecule has 1 rings (SSSR count). The van der Waals surface area contributed by atoms with Gasteiger partial charge in [0.05, 0.1) is 12.1 Å². The van der Waals surface area contributed by atoms with E-state index >= 15 is 0 Å². The summed E-state index contributed by atoms with van der Waals surface area (Å²) < 4.78 is 5.27. The van der Waals surface area contributed by atoms with Crippen LogP contribution in [0.1, 0.15) is 30.9 Å². The summed E-state index contributed by atoms with van der Waals surface area (Å²) in [6.45, 7) is 4.05. The Kier molecular flexibility index (Phi) is 4.99. The molecule has 0 saturated carbocycles. The number of halogens is 1. The van der Waals surface area contributed by atoms with E-state index in [2.05, 4.69) is 0 Å². The lowest BCUT2D eigenvalue weighted by molar-refractivity contribution is -0.138. The summed E-state index contributed by atoms with van der Waals surface area (Å²) in [4.78, 5) is 10.7. The molecule has 4 nitrogen and oxygen atoms in total. The second kappa shape index (κ2) is 6.07. The van der Waals surface area contributed by atoms with Crippen molar-refractivity contribution in [2.45, 2.75) is 32.2 Å². The predicted octanol–water partition coefficient (Wildman–Crippen LogP) is 2.43. The van der Waals surface area contributed by atoms with E-state index in [1.165, 1.54) is 0 Å². The number of aliphatic carboxylic acids is 1. The van der Waals surface area contributed by atoms with Gasteiger partial charge in [0.2, 0.25) is 0 Å². The third kappa shape index (κ3) is 3.37. The Balaban J connectivity index is 3.12. The van der Waals surface area contributed by atoms with Gasteiger partial charge in [-0.3, -0.25) is 4.79 Å². The van der Waals surface area contributed by atoms with E-state index in [1.54, 1.807) is 13.2 Å². The fourth-order valence-corrected chi connectivity index (χ4v) is 2.10. The SMILES string of the molecule is COc1c(Cl)cc(CC(N)C(=O)O)cc1C(C)C. The van der Waals surface area contributed by atoms with Crippen LogP contribution >= 0.6 is 11.6 Å². The molecule has 0 heterocycles. The number of hydrogen-bond acceptors (Lipinski definition) is 3. The summed E-state index contributed by atoms with van der Waals surface area (Å²) in [6.07, 6.45) is 0.249. The van der Waals surface area contributed by atoms with Crippen LogP contribution in [0.4, 0.5) is 0 Å². The summed E-state index contributed by atoms with van der Waals surface area (Å²) in [5.41, 5.74) is 7.28. The normalized spacial score (nSPS) is 12.6. The molecular weight excluding hydrogens is 254 g/mol. The maximum atomic E-state index is 10.7. The largest absolute Gasteiger partial charge is 0.495 e. The second-order valence-corrected chi connectivity index (χ2v) is 4.91. The lowest BCUT2D eigenvalue weighted by Crippen LogP contribution is -2.32. The molecule has 5 heteroatoms. The molecule has 0 radical (unpaired) electrons. The van der Waals surface area contributed by atoms with Crippen LogP contribution < -0.4 is 10.5 Å². The van der Waals surface area contributed by atoms with Gasteiger partial charge in [-0.15, -0.1) is 0 Å². The predicted molar refractivity (Wildman–Crippen MR) is 71.4 cm³/mol. The minimum absolute atomic E-state index is 0.235. The van der Waals surface area contributed by atoms with E-state index in [1.807, 2.05) is 19.9 Å². The Hall–Kier alpha value is -1.26. The molecule has 0 fully saturated rings. The topological polar surface area (TPSA) is 72.5 Å². The summed E-state index contributed by atoms with van der Waals surface area (Å²) in [7, 11) is 1.57. The Bertz CT molecular complexity index is 446. The summed E-state index contributed by atoms with van der Waals surface area (Å²) in [6, 6.07) is 2.68. The van der Waals surface area contributed by atoms with E-state index in [0.717, 1.165) is 11.1 Å². The second-order valence-electron chi connectivity index (χ2n) is 4.50. The van der Waals surface area contributed by atoms with Crippen molar-refractivity contribution in [2.24, 2.45) is 5.73 Å². The van der Waals surface area contributed by atoms with Crippen molar-refractivity contribution >= 4 is 17.6 Å². The maximum Gasteiger partial charge on any atom is 0.320 e. The first-order valence-corrected chi connectivity index (χ1v) is 6.09. The van der Waals surface area contributed by atoms with E-state index in [0.29, 0.717) is 10.8 Å². The number of carboxylic acids is 1. The summed E-state index contributed by atoms with van der Waals surface area (Å²) in [5, 5.41) is 9.29. The number of ether oxygens (including phenoxy) is 1. The summed E-state index contributed by atoms with van der Waals surface area (Å²) >= 11 is 6.13. The zero-order chi connectivity index (χ0) is 13.9. The van der Waals surface area contributed by atoms with Crippen LogP contribution in [-0.4, -0.2) is 24.2 Å². The Labute approximate surface area is 112 Å². The standard InChI is InChI=1S/C13H18ClNO3/c1-7(2)9-4-8(6-11(15)13(16)17)5-10(14)12(9)18-3/h4-5,7,11H,6,15H2,1-3H3,(H,16,17). The van der Waals surface area contributed by atoms with Crippen LogP contribution in [0.5, 0.6) is 5.75 Å². The highest BCUT2D eigenvalue weighted by Crippen LogP contribution is 2.35. The summed E-state index contributed by atoms with van der Waals surface area (Å²) in [5.74, 6) is -0.147. The van der Waals surface area contributed by atoms with Gasteiger partial charge < -0.3 is 15.6 Å². The lowest BCUT2D eigenvalue weighted by Gasteiger charge is -2.16. The smallest absolute Gasteiger partial charge is 0.320 e. The molecule has 0 aromatic heterocycles. The van der Waals surface area contributed by atoms with Crippen LogP contribution in [0, 0.1) is 0 Å². The molecule has 0 aliphatic heterocycles. The molecule has 1 atom stereocenters. The average molecular weight is 272 g/mol. The average Bonchev–Trinajstić information content (AvgIpc) is 2.27. The van der Waals surface area contributed by atoms with Crippen molar-refractivity contribution in [3.63, 3.8) is 0 Å². The van der Waals surface area contributed by atoms with E-state index < -0.39 is 12.0 Å². The maximum absolute atomic E-state index is 10.7. The number of benzene rings is 1. The van der Waals surface area contributed by atoms with Gasteiger partial charge in [0.25, 0.3) is 0 Å². The lowest BCUT2D eigenvalue weighted by atomic mass is 9.97. The number of hydrogen-bond donors (Lipinski definition) is 2. The van der Waals surface area contributed by atoms with Crippen molar-refractivity contribution in [1.29, 1.82) is 0 Å². The van der Waals surface area contributed by atoms with Crippen LogP contribution in [-0.2, 0) is 11.2 Å². The zero-order valence-electron chi connectivity index (χ0n) is 10.7. The number of carbonyl (C=O) groups is 1. The fraction of sp³-hybridized carbons (Fsp3) is 0.462. The molecule has 100 valence electrons. The van der Waals surface area contributed by atoms with Crippen molar-refractivity contribution in [3.8, 4) is 5.75 Å². The van der Waals surface area contributed by atoms with E-state index in [4.69, 9.17) is 27.2 Å². The van der Waals surface area contributed by atoms with Crippen LogP contribution in [0.3, 0.4) is 0 Å². The minimum Gasteiger partial charge on any atom is -0.495 e. The third-order valence-electron chi connectivity index (χ3n) is 2.73. The monoisotopic (exact) mass is 271 g/mol. The van der Waals surface area contributed by atoms with E-state index in [9.17, 15) is 4.79 Å². The molecule has 18 heavy (non-hydrogen) atoms. The molecule has 1 aromatic carbocycles. The molecule has 0 aliphatic carbocycles. The van der Waals surface area contributed by atoms with Crippen molar-refractivity contribution < 1.29 is 14.6 Å². The Morgan fingerprint density at radius 1 is 1.50 bits per heavy atom. The molecular formula is C13H18ClNO3. The molecule has 1 aromatic rings.